The van der Waals surface area contributed by atoms with Gasteiger partial charge in [0.15, 0.2) is 0 Å². The van der Waals surface area contributed by atoms with Crippen LogP contribution in [0.4, 0.5) is 0 Å². The SMILES string of the molecule is CCNCCC1CCC(NC(=O)C[C@H](C)O)CC1. The first-order valence-corrected chi connectivity index (χ1v) is 7.30. The summed E-state index contributed by atoms with van der Waals surface area (Å²) in [5.74, 6) is 0.801. The Morgan fingerprint density at radius 3 is 2.56 bits per heavy atom. The van der Waals surface area contributed by atoms with Gasteiger partial charge in [0, 0.05) is 6.04 Å². The Kier molecular flexibility index (Phi) is 7.28. The molecule has 0 aliphatic heterocycles. The number of carbonyl (C=O) groups excluding carboxylic acids is 1. The Morgan fingerprint density at radius 2 is 2.00 bits per heavy atom. The van der Waals surface area contributed by atoms with Crippen LogP contribution < -0.4 is 10.6 Å². The van der Waals surface area contributed by atoms with Gasteiger partial charge in [0.05, 0.1) is 12.5 Å². The molecule has 3 N–H and O–H groups in total. The molecule has 18 heavy (non-hydrogen) atoms. The predicted octanol–water partition coefficient (Wildman–Crippen LogP) is 1.43. The Balaban J connectivity index is 2.13. The molecule has 0 heterocycles. The lowest BCUT2D eigenvalue weighted by Gasteiger charge is -2.29. The standard InChI is InChI=1S/C14H28N2O2/c1-3-15-9-8-12-4-6-13(7-5-12)16-14(18)10-11(2)17/h11-13,15,17H,3-10H2,1-2H3,(H,16,18)/t11-,12?,13?/m0/s1. The highest BCUT2D eigenvalue weighted by Gasteiger charge is 2.22. The molecule has 1 aliphatic carbocycles. The quantitative estimate of drug-likeness (QED) is 0.604. The number of amides is 1. The van der Waals surface area contributed by atoms with E-state index < -0.39 is 6.10 Å². The van der Waals surface area contributed by atoms with E-state index in [4.69, 9.17) is 5.11 Å². The smallest absolute Gasteiger partial charge is 0.222 e. The third-order valence-corrected chi connectivity index (χ3v) is 3.67. The van der Waals surface area contributed by atoms with Gasteiger partial charge in [0.1, 0.15) is 0 Å². The van der Waals surface area contributed by atoms with Crippen LogP contribution in [0.1, 0.15) is 52.4 Å². The summed E-state index contributed by atoms with van der Waals surface area (Å²) in [6.45, 7) is 5.94. The highest BCUT2D eigenvalue weighted by atomic mass is 16.3. The molecular formula is C14H28N2O2. The maximum absolute atomic E-state index is 11.5. The van der Waals surface area contributed by atoms with E-state index in [0.717, 1.165) is 31.8 Å². The Hall–Kier alpha value is -0.610. The predicted molar refractivity (Wildman–Crippen MR) is 73.3 cm³/mol. The lowest BCUT2D eigenvalue weighted by atomic mass is 9.84. The van der Waals surface area contributed by atoms with Gasteiger partial charge in [-0.25, -0.2) is 0 Å². The first-order chi connectivity index (χ1) is 8.61. The molecule has 1 amide bonds. The number of rotatable bonds is 7. The van der Waals surface area contributed by atoms with Gasteiger partial charge in [-0.1, -0.05) is 6.92 Å². The van der Waals surface area contributed by atoms with Crippen LogP contribution in [-0.4, -0.2) is 36.2 Å². The van der Waals surface area contributed by atoms with Crippen molar-refractivity contribution in [1.29, 1.82) is 0 Å². The molecule has 0 aromatic heterocycles. The number of nitrogens with one attached hydrogen (secondary N) is 2. The second kappa shape index (κ2) is 8.48. The van der Waals surface area contributed by atoms with Gasteiger partial charge in [0.2, 0.25) is 5.91 Å². The molecule has 4 heteroatoms. The largest absolute Gasteiger partial charge is 0.393 e. The average molecular weight is 256 g/mol. The molecule has 106 valence electrons. The Bertz CT molecular complexity index is 236. The summed E-state index contributed by atoms with van der Waals surface area (Å²) < 4.78 is 0. The summed E-state index contributed by atoms with van der Waals surface area (Å²) in [6, 6.07) is 0.326. The van der Waals surface area contributed by atoms with Gasteiger partial charge in [0.25, 0.3) is 0 Å². The summed E-state index contributed by atoms with van der Waals surface area (Å²) in [5.41, 5.74) is 0. The lowest BCUT2D eigenvalue weighted by Crippen LogP contribution is -2.39. The summed E-state index contributed by atoms with van der Waals surface area (Å²) in [4.78, 5) is 11.5. The lowest BCUT2D eigenvalue weighted by molar-refractivity contribution is -0.123. The molecule has 0 radical (unpaired) electrons. The number of aliphatic hydroxyl groups excluding tert-OH is 1. The van der Waals surface area contributed by atoms with Gasteiger partial charge in [-0.15, -0.1) is 0 Å². The zero-order valence-corrected chi connectivity index (χ0v) is 11.7. The highest BCUT2D eigenvalue weighted by Crippen LogP contribution is 2.26. The average Bonchev–Trinajstić information content (AvgIpc) is 2.30. The fourth-order valence-electron chi connectivity index (χ4n) is 2.63. The number of aliphatic hydroxyl groups is 1. The van der Waals surface area contributed by atoms with E-state index in [2.05, 4.69) is 17.6 Å². The molecule has 0 aromatic carbocycles. The van der Waals surface area contributed by atoms with Crippen molar-refractivity contribution in [3.05, 3.63) is 0 Å². The van der Waals surface area contributed by atoms with Crippen molar-refractivity contribution in [2.75, 3.05) is 13.1 Å². The third kappa shape index (κ3) is 6.36. The summed E-state index contributed by atoms with van der Waals surface area (Å²) in [7, 11) is 0. The van der Waals surface area contributed by atoms with Crippen molar-refractivity contribution >= 4 is 5.91 Å². The van der Waals surface area contributed by atoms with Gasteiger partial charge >= 0.3 is 0 Å². The van der Waals surface area contributed by atoms with Gasteiger partial charge < -0.3 is 15.7 Å². The van der Waals surface area contributed by atoms with Gasteiger partial charge in [-0.05, 0) is 58.0 Å². The minimum atomic E-state index is -0.540. The molecular weight excluding hydrogens is 228 g/mol. The van der Waals surface area contributed by atoms with Crippen LogP contribution in [0.5, 0.6) is 0 Å². The zero-order chi connectivity index (χ0) is 13.4. The molecule has 0 saturated heterocycles. The molecule has 0 spiro atoms. The van der Waals surface area contributed by atoms with Crippen LogP contribution in [-0.2, 0) is 4.79 Å². The summed E-state index contributed by atoms with van der Waals surface area (Å²) >= 11 is 0. The van der Waals surface area contributed by atoms with E-state index >= 15 is 0 Å². The topological polar surface area (TPSA) is 61.4 Å². The maximum Gasteiger partial charge on any atom is 0.222 e. The van der Waals surface area contributed by atoms with Crippen LogP contribution in [0.2, 0.25) is 0 Å². The minimum absolute atomic E-state index is 0.0129. The number of hydrogen-bond donors (Lipinski definition) is 3. The molecule has 1 fully saturated rings. The van der Waals surface area contributed by atoms with E-state index in [9.17, 15) is 4.79 Å². The molecule has 1 aliphatic rings. The number of carbonyl (C=O) groups is 1. The molecule has 0 aromatic rings. The second-order valence-corrected chi connectivity index (χ2v) is 5.48. The first-order valence-electron chi connectivity index (χ1n) is 7.30. The molecule has 1 saturated carbocycles. The monoisotopic (exact) mass is 256 g/mol. The molecule has 0 bridgehead atoms. The third-order valence-electron chi connectivity index (χ3n) is 3.67. The van der Waals surface area contributed by atoms with E-state index in [1.807, 2.05) is 0 Å². The summed E-state index contributed by atoms with van der Waals surface area (Å²) in [5, 5.41) is 15.5. The van der Waals surface area contributed by atoms with Crippen molar-refractivity contribution in [3.63, 3.8) is 0 Å². The molecule has 4 nitrogen and oxygen atoms in total. The zero-order valence-electron chi connectivity index (χ0n) is 11.7. The minimum Gasteiger partial charge on any atom is -0.393 e. The van der Waals surface area contributed by atoms with E-state index in [-0.39, 0.29) is 12.3 Å². The van der Waals surface area contributed by atoms with E-state index in [1.165, 1.54) is 19.3 Å². The number of hydrogen-bond acceptors (Lipinski definition) is 3. The summed E-state index contributed by atoms with van der Waals surface area (Å²) in [6.07, 6.45) is 5.53. The highest BCUT2D eigenvalue weighted by molar-refractivity contribution is 5.76. The molecule has 0 unspecified atom stereocenters. The van der Waals surface area contributed by atoms with Crippen LogP contribution in [0, 0.1) is 5.92 Å². The first kappa shape index (κ1) is 15.4. The van der Waals surface area contributed by atoms with Crippen molar-refractivity contribution in [3.8, 4) is 0 Å². The molecule has 1 atom stereocenters. The fourth-order valence-corrected chi connectivity index (χ4v) is 2.63. The van der Waals surface area contributed by atoms with Crippen molar-refractivity contribution < 1.29 is 9.90 Å². The van der Waals surface area contributed by atoms with Crippen LogP contribution in [0.25, 0.3) is 0 Å². The van der Waals surface area contributed by atoms with Crippen molar-refractivity contribution in [2.45, 2.75) is 64.5 Å². The van der Waals surface area contributed by atoms with Crippen molar-refractivity contribution in [1.82, 2.24) is 10.6 Å². The van der Waals surface area contributed by atoms with Crippen LogP contribution in [0.3, 0.4) is 0 Å². The molecule has 1 rings (SSSR count). The van der Waals surface area contributed by atoms with Gasteiger partial charge in [-0.2, -0.15) is 0 Å². The second-order valence-electron chi connectivity index (χ2n) is 5.48. The van der Waals surface area contributed by atoms with Crippen LogP contribution >= 0.6 is 0 Å². The fraction of sp³-hybridized carbons (Fsp3) is 0.929. The van der Waals surface area contributed by atoms with Crippen molar-refractivity contribution in [2.24, 2.45) is 5.92 Å². The van der Waals surface area contributed by atoms with E-state index in [1.54, 1.807) is 6.92 Å². The normalized spacial score (nSPS) is 25.7. The Labute approximate surface area is 111 Å². The van der Waals surface area contributed by atoms with Crippen LogP contribution in [0.15, 0.2) is 0 Å². The van der Waals surface area contributed by atoms with Gasteiger partial charge in [-0.3, -0.25) is 4.79 Å². The maximum atomic E-state index is 11.5. The van der Waals surface area contributed by atoms with E-state index in [0.29, 0.717) is 6.04 Å². The Morgan fingerprint density at radius 1 is 1.33 bits per heavy atom.